The molecule has 0 radical (unpaired) electrons. The van der Waals surface area contributed by atoms with Gasteiger partial charge in [0.05, 0.1) is 5.69 Å². The van der Waals surface area contributed by atoms with Crippen molar-refractivity contribution in [1.82, 2.24) is 15.1 Å². The summed E-state index contributed by atoms with van der Waals surface area (Å²) in [7, 11) is 6.10. The molecule has 0 saturated heterocycles. The van der Waals surface area contributed by atoms with Gasteiger partial charge in [-0.3, -0.25) is 4.68 Å². The Balaban J connectivity index is 1.78. The number of aryl methyl sites for hydroxylation is 2. The van der Waals surface area contributed by atoms with E-state index >= 15 is 0 Å². The number of rotatable bonds is 6. The third kappa shape index (κ3) is 3.58. The summed E-state index contributed by atoms with van der Waals surface area (Å²) in [5, 5.41) is 8.25. The van der Waals surface area contributed by atoms with Crippen LogP contribution >= 0.6 is 0 Å². The predicted octanol–water partition coefficient (Wildman–Crippen LogP) is 2.81. The molecule has 1 aliphatic heterocycles. The minimum atomic E-state index is 0.255. The maximum atomic E-state index is 5.72. The molecule has 136 valence electrons. The van der Waals surface area contributed by atoms with Crippen molar-refractivity contribution >= 4 is 5.82 Å². The molecule has 2 aromatic rings. The second-order valence-electron chi connectivity index (χ2n) is 6.65. The van der Waals surface area contributed by atoms with Gasteiger partial charge in [-0.05, 0) is 31.0 Å². The zero-order valence-corrected chi connectivity index (χ0v) is 15.8. The van der Waals surface area contributed by atoms with Crippen molar-refractivity contribution in [2.75, 3.05) is 32.2 Å². The zero-order valence-electron chi connectivity index (χ0n) is 15.8. The van der Waals surface area contributed by atoms with Gasteiger partial charge in [-0.1, -0.05) is 13.0 Å². The number of nitrogens with zero attached hydrogens (tertiary/aromatic N) is 3. The van der Waals surface area contributed by atoms with Crippen molar-refractivity contribution < 1.29 is 9.47 Å². The van der Waals surface area contributed by atoms with Gasteiger partial charge in [0.2, 0.25) is 0 Å². The van der Waals surface area contributed by atoms with E-state index in [1.807, 2.05) is 17.8 Å². The van der Waals surface area contributed by atoms with Crippen LogP contribution in [0.2, 0.25) is 0 Å². The van der Waals surface area contributed by atoms with Gasteiger partial charge in [0, 0.05) is 39.3 Å². The topological polar surface area (TPSA) is 51.6 Å². The van der Waals surface area contributed by atoms with Crippen LogP contribution in [0.5, 0.6) is 11.5 Å². The van der Waals surface area contributed by atoms with Gasteiger partial charge in [-0.15, -0.1) is 0 Å². The lowest BCUT2D eigenvalue weighted by Crippen LogP contribution is -2.23. The van der Waals surface area contributed by atoms with Gasteiger partial charge >= 0.3 is 0 Å². The zero-order chi connectivity index (χ0) is 18.0. The molecule has 6 heteroatoms. The number of ether oxygens (including phenoxy) is 2. The molecule has 0 bridgehead atoms. The largest absolute Gasteiger partial charge is 0.486 e. The van der Waals surface area contributed by atoms with Crippen molar-refractivity contribution in [1.29, 1.82) is 0 Å². The number of fused-ring (bicyclic) bond motifs is 1. The average Bonchev–Trinajstić information content (AvgIpc) is 2.89. The summed E-state index contributed by atoms with van der Waals surface area (Å²) in [6.45, 7) is 6.27. The van der Waals surface area contributed by atoms with Gasteiger partial charge in [-0.25, -0.2) is 0 Å². The van der Waals surface area contributed by atoms with Crippen molar-refractivity contribution in [2.45, 2.75) is 32.9 Å². The van der Waals surface area contributed by atoms with E-state index in [2.05, 4.69) is 55.4 Å². The van der Waals surface area contributed by atoms with Gasteiger partial charge in [0.1, 0.15) is 19.0 Å². The molecule has 0 amide bonds. The van der Waals surface area contributed by atoms with Gasteiger partial charge in [0.15, 0.2) is 11.5 Å². The van der Waals surface area contributed by atoms with Crippen LogP contribution in [0.3, 0.4) is 0 Å². The second-order valence-corrected chi connectivity index (χ2v) is 6.65. The highest BCUT2D eigenvalue weighted by molar-refractivity contribution is 5.49. The smallest absolute Gasteiger partial charge is 0.161 e. The van der Waals surface area contributed by atoms with Gasteiger partial charge in [0.25, 0.3) is 0 Å². The van der Waals surface area contributed by atoms with Crippen LogP contribution in [-0.2, 0) is 13.6 Å². The lowest BCUT2D eigenvalue weighted by molar-refractivity contribution is 0.171. The Kier molecular flexibility index (Phi) is 5.18. The van der Waals surface area contributed by atoms with E-state index in [1.54, 1.807) is 0 Å². The van der Waals surface area contributed by atoms with Crippen molar-refractivity contribution in [3.8, 4) is 11.5 Å². The molecule has 1 aromatic carbocycles. The standard InChI is InChI=1S/C19H28N4O2/c1-6-16(14-7-8-17-18(11-14)25-10-9-24-17)20-12-15-13(2)21-23(5)19(15)22(3)4/h7-8,11,16,20H,6,9-10,12H2,1-5H3/t16-/m1/s1. The molecule has 0 fully saturated rings. The molecule has 1 aromatic heterocycles. The molecule has 1 N–H and O–H groups in total. The van der Waals surface area contributed by atoms with Crippen molar-refractivity contribution in [2.24, 2.45) is 7.05 Å². The fourth-order valence-electron chi connectivity index (χ4n) is 3.46. The first-order valence-electron chi connectivity index (χ1n) is 8.84. The molecule has 0 aliphatic carbocycles. The summed E-state index contributed by atoms with van der Waals surface area (Å²) in [6, 6.07) is 6.48. The summed E-state index contributed by atoms with van der Waals surface area (Å²) in [6.07, 6.45) is 0.996. The third-order valence-electron chi connectivity index (χ3n) is 4.64. The molecule has 1 aliphatic rings. The number of hydrogen-bond acceptors (Lipinski definition) is 5. The molecular formula is C19H28N4O2. The number of aromatic nitrogens is 2. The third-order valence-corrected chi connectivity index (χ3v) is 4.64. The van der Waals surface area contributed by atoms with E-state index < -0.39 is 0 Å². The number of hydrogen-bond donors (Lipinski definition) is 1. The summed E-state index contributed by atoms with van der Waals surface area (Å²) in [5.41, 5.74) is 3.53. The quantitative estimate of drug-likeness (QED) is 0.873. The Morgan fingerprint density at radius 2 is 1.96 bits per heavy atom. The Morgan fingerprint density at radius 3 is 2.64 bits per heavy atom. The first-order chi connectivity index (χ1) is 12.0. The minimum absolute atomic E-state index is 0.255. The van der Waals surface area contributed by atoms with E-state index in [-0.39, 0.29) is 6.04 Å². The highest BCUT2D eigenvalue weighted by atomic mass is 16.6. The molecule has 25 heavy (non-hydrogen) atoms. The van der Waals surface area contributed by atoms with E-state index in [0.717, 1.165) is 36.0 Å². The normalized spacial score (nSPS) is 14.4. The van der Waals surface area contributed by atoms with Crippen LogP contribution < -0.4 is 19.7 Å². The Labute approximate surface area is 149 Å². The summed E-state index contributed by atoms with van der Waals surface area (Å²) >= 11 is 0. The van der Waals surface area contributed by atoms with Crippen LogP contribution in [0.1, 0.15) is 36.2 Å². The van der Waals surface area contributed by atoms with Crippen LogP contribution in [0.4, 0.5) is 5.82 Å². The first kappa shape index (κ1) is 17.6. The fraction of sp³-hybridized carbons (Fsp3) is 0.526. The molecule has 1 atom stereocenters. The highest BCUT2D eigenvalue weighted by Crippen LogP contribution is 2.33. The molecule has 3 rings (SSSR count). The van der Waals surface area contributed by atoms with E-state index in [0.29, 0.717) is 13.2 Å². The van der Waals surface area contributed by atoms with E-state index in [1.165, 1.54) is 11.1 Å². The monoisotopic (exact) mass is 344 g/mol. The van der Waals surface area contributed by atoms with E-state index in [4.69, 9.17) is 9.47 Å². The van der Waals surface area contributed by atoms with Crippen molar-refractivity contribution in [3.05, 3.63) is 35.0 Å². The second kappa shape index (κ2) is 7.35. The lowest BCUT2D eigenvalue weighted by Gasteiger charge is -2.23. The van der Waals surface area contributed by atoms with Crippen LogP contribution in [-0.4, -0.2) is 37.1 Å². The van der Waals surface area contributed by atoms with Crippen molar-refractivity contribution in [3.63, 3.8) is 0 Å². The fourth-order valence-corrected chi connectivity index (χ4v) is 3.46. The van der Waals surface area contributed by atoms with Crippen LogP contribution in [0.15, 0.2) is 18.2 Å². The Bertz CT molecular complexity index is 739. The first-order valence-corrected chi connectivity index (χ1v) is 8.84. The summed E-state index contributed by atoms with van der Waals surface area (Å²) in [4.78, 5) is 2.11. The molecular weight excluding hydrogens is 316 g/mol. The van der Waals surface area contributed by atoms with E-state index in [9.17, 15) is 0 Å². The SMILES string of the molecule is CC[C@@H](NCc1c(C)nn(C)c1N(C)C)c1ccc2c(c1)OCCO2. The Hall–Kier alpha value is -2.21. The number of benzene rings is 1. The molecule has 2 heterocycles. The maximum Gasteiger partial charge on any atom is 0.161 e. The highest BCUT2D eigenvalue weighted by Gasteiger charge is 2.19. The predicted molar refractivity (Wildman–Crippen MR) is 99.6 cm³/mol. The average molecular weight is 344 g/mol. The van der Waals surface area contributed by atoms with Gasteiger partial charge < -0.3 is 19.7 Å². The molecule has 0 unspecified atom stereocenters. The van der Waals surface area contributed by atoms with Gasteiger partial charge in [-0.2, -0.15) is 5.10 Å². The van der Waals surface area contributed by atoms with Crippen LogP contribution in [0, 0.1) is 6.92 Å². The lowest BCUT2D eigenvalue weighted by atomic mass is 10.0. The molecule has 0 spiro atoms. The number of nitrogens with one attached hydrogen (secondary N) is 1. The Morgan fingerprint density at radius 1 is 1.24 bits per heavy atom. The van der Waals surface area contributed by atoms with Crippen LogP contribution in [0.25, 0.3) is 0 Å². The number of anilines is 1. The molecule has 6 nitrogen and oxygen atoms in total. The minimum Gasteiger partial charge on any atom is -0.486 e. The molecule has 0 saturated carbocycles. The summed E-state index contributed by atoms with van der Waals surface area (Å²) < 4.78 is 13.3. The maximum absolute atomic E-state index is 5.72. The summed E-state index contributed by atoms with van der Waals surface area (Å²) in [5.74, 6) is 2.82.